The van der Waals surface area contributed by atoms with Gasteiger partial charge < -0.3 is 5.01 Å². The van der Waals surface area contributed by atoms with E-state index in [0.717, 1.165) is 5.71 Å². The molecule has 0 aliphatic rings. The molecular weight excluding hydrogens is 160 g/mol. The van der Waals surface area contributed by atoms with Crippen molar-refractivity contribution >= 4 is 5.71 Å². The fourth-order valence-electron chi connectivity index (χ4n) is 1.23. The highest BCUT2D eigenvalue weighted by Gasteiger charge is 1.96. The SMILES string of the molecule is C/C(=N/N(C)C)c1cccc(C)c1. The summed E-state index contributed by atoms with van der Waals surface area (Å²) < 4.78 is 0. The van der Waals surface area contributed by atoms with E-state index in [1.807, 2.05) is 26.0 Å². The largest absolute Gasteiger partial charge is 0.303 e. The predicted molar refractivity (Wildman–Crippen MR) is 57.1 cm³/mol. The average molecular weight is 176 g/mol. The second-order valence-electron chi connectivity index (χ2n) is 3.40. The Bertz CT molecular complexity index is 314. The summed E-state index contributed by atoms with van der Waals surface area (Å²) in [5.41, 5.74) is 3.51. The monoisotopic (exact) mass is 176 g/mol. The van der Waals surface area contributed by atoms with Crippen molar-refractivity contribution in [3.05, 3.63) is 35.4 Å². The quantitative estimate of drug-likeness (QED) is 0.498. The molecular formula is C11H16N2. The van der Waals surface area contributed by atoms with Crippen LogP contribution in [0.4, 0.5) is 0 Å². The minimum absolute atomic E-state index is 1.05. The first-order chi connectivity index (χ1) is 6.09. The van der Waals surface area contributed by atoms with Crippen LogP contribution in [0.2, 0.25) is 0 Å². The molecule has 2 nitrogen and oxygen atoms in total. The zero-order valence-electron chi connectivity index (χ0n) is 8.70. The third kappa shape index (κ3) is 2.90. The zero-order valence-corrected chi connectivity index (χ0v) is 8.70. The van der Waals surface area contributed by atoms with Crippen LogP contribution < -0.4 is 0 Å². The lowest BCUT2D eigenvalue weighted by Crippen LogP contribution is -2.07. The summed E-state index contributed by atoms with van der Waals surface area (Å²) in [4.78, 5) is 0. The topological polar surface area (TPSA) is 15.6 Å². The Morgan fingerprint density at radius 2 is 2.00 bits per heavy atom. The first kappa shape index (κ1) is 9.78. The summed E-state index contributed by atoms with van der Waals surface area (Å²) in [5.74, 6) is 0. The van der Waals surface area contributed by atoms with Gasteiger partial charge in [0.15, 0.2) is 0 Å². The molecule has 0 atom stereocenters. The molecule has 1 aromatic carbocycles. The van der Waals surface area contributed by atoms with Gasteiger partial charge in [-0.05, 0) is 19.4 Å². The molecule has 1 rings (SSSR count). The smallest absolute Gasteiger partial charge is 0.0646 e. The Morgan fingerprint density at radius 1 is 1.31 bits per heavy atom. The maximum atomic E-state index is 4.34. The van der Waals surface area contributed by atoms with Gasteiger partial charge in [-0.3, -0.25) is 0 Å². The maximum absolute atomic E-state index is 4.34. The second kappa shape index (κ2) is 4.08. The molecule has 0 aliphatic heterocycles. The lowest BCUT2D eigenvalue weighted by Gasteiger charge is -2.07. The molecule has 0 aromatic heterocycles. The van der Waals surface area contributed by atoms with E-state index in [-0.39, 0.29) is 0 Å². The van der Waals surface area contributed by atoms with Crippen molar-refractivity contribution < 1.29 is 0 Å². The lowest BCUT2D eigenvalue weighted by molar-refractivity contribution is 0.438. The van der Waals surface area contributed by atoms with E-state index in [1.54, 1.807) is 0 Å². The summed E-state index contributed by atoms with van der Waals surface area (Å²) >= 11 is 0. The third-order valence-corrected chi connectivity index (χ3v) is 1.79. The average Bonchev–Trinajstić information content (AvgIpc) is 2.03. The van der Waals surface area contributed by atoms with Gasteiger partial charge in [-0.25, -0.2) is 0 Å². The summed E-state index contributed by atoms with van der Waals surface area (Å²) in [7, 11) is 3.86. The number of nitrogens with zero attached hydrogens (tertiary/aromatic N) is 2. The van der Waals surface area contributed by atoms with Crippen molar-refractivity contribution in [2.45, 2.75) is 13.8 Å². The first-order valence-electron chi connectivity index (χ1n) is 4.39. The maximum Gasteiger partial charge on any atom is 0.0646 e. The Morgan fingerprint density at radius 3 is 2.54 bits per heavy atom. The van der Waals surface area contributed by atoms with Crippen LogP contribution in [0.3, 0.4) is 0 Å². The Kier molecular flexibility index (Phi) is 3.07. The molecule has 70 valence electrons. The molecule has 0 heterocycles. The molecule has 0 aliphatic carbocycles. The van der Waals surface area contributed by atoms with Gasteiger partial charge in [0.1, 0.15) is 0 Å². The van der Waals surface area contributed by atoms with E-state index in [4.69, 9.17) is 0 Å². The first-order valence-corrected chi connectivity index (χ1v) is 4.39. The van der Waals surface area contributed by atoms with Gasteiger partial charge in [0.2, 0.25) is 0 Å². The van der Waals surface area contributed by atoms with Crippen molar-refractivity contribution in [3.63, 3.8) is 0 Å². The van der Waals surface area contributed by atoms with E-state index < -0.39 is 0 Å². The molecule has 0 amide bonds. The highest BCUT2D eigenvalue weighted by atomic mass is 15.4. The van der Waals surface area contributed by atoms with Crippen LogP contribution in [-0.2, 0) is 0 Å². The van der Waals surface area contributed by atoms with Crippen LogP contribution in [0.5, 0.6) is 0 Å². The molecule has 13 heavy (non-hydrogen) atoms. The summed E-state index contributed by atoms with van der Waals surface area (Å²) in [6.45, 7) is 4.11. The number of hydrogen-bond donors (Lipinski definition) is 0. The van der Waals surface area contributed by atoms with Crippen LogP contribution in [0.15, 0.2) is 29.4 Å². The van der Waals surface area contributed by atoms with Crippen molar-refractivity contribution in [2.24, 2.45) is 5.10 Å². The van der Waals surface area contributed by atoms with Gasteiger partial charge in [-0.15, -0.1) is 0 Å². The van der Waals surface area contributed by atoms with Crippen LogP contribution in [0, 0.1) is 6.92 Å². The standard InChI is InChI=1S/C11H16N2/c1-9-6-5-7-11(8-9)10(2)12-13(3)4/h5-8H,1-4H3/b12-10-. The highest BCUT2D eigenvalue weighted by Crippen LogP contribution is 2.05. The van der Waals surface area contributed by atoms with Crippen LogP contribution >= 0.6 is 0 Å². The van der Waals surface area contributed by atoms with Gasteiger partial charge >= 0.3 is 0 Å². The van der Waals surface area contributed by atoms with Gasteiger partial charge in [0, 0.05) is 14.1 Å². The van der Waals surface area contributed by atoms with Crippen LogP contribution in [0.25, 0.3) is 0 Å². The van der Waals surface area contributed by atoms with Crippen LogP contribution in [0.1, 0.15) is 18.1 Å². The normalized spacial score (nSPS) is 11.5. The second-order valence-corrected chi connectivity index (χ2v) is 3.40. The molecule has 1 aromatic rings. The van der Waals surface area contributed by atoms with Gasteiger partial charge in [0.25, 0.3) is 0 Å². The van der Waals surface area contributed by atoms with Crippen molar-refractivity contribution in [2.75, 3.05) is 14.1 Å². The van der Waals surface area contributed by atoms with Crippen molar-refractivity contribution in [1.29, 1.82) is 0 Å². The summed E-state index contributed by atoms with van der Waals surface area (Å²) in [6.07, 6.45) is 0. The van der Waals surface area contributed by atoms with Gasteiger partial charge in [-0.2, -0.15) is 5.10 Å². The Hall–Kier alpha value is -1.31. The molecule has 0 N–H and O–H groups in total. The lowest BCUT2D eigenvalue weighted by atomic mass is 10.1. The Balaban J connectivity index is 2.95. The number of benzene rings is 1. The minimum atomic E-state index is 1.05. The van der Waals surface area contributed by atoms with E-state index in [0.29, 0.717) is 0 Å². The van der Waals surface area contributed by atoms with Crippen molar-refractivity contribution in [3.8, 4) is 0 Å². The molecule has 0 unspecified atom stereocenters. The fraction of sp³-hybridized carbons (Fsp3) is 0.364. The van der Waals surface area contributed by atoms with E-state index in [9.17, 15) is 0 Å². The predicted octanol–water partition coefficient (Wildman–Crippen LogP) is 2.28. The molecule has 2 heteroatoms. The fourth-order valence-corrected chi connectivity index (χ4v) is 1.23. The number of rotatable bonds is 2. The van der Waals surface area contributed by atoms with E-state index in [1.165, 1.54) is 11.1 Å². The molecule has 0 fully saturated rings. The van der Waals surface area contributed by atoms with Gasteiger partial charge in [-0.1, -0.05) is 29.8 Å². The van der Waals surface area contributed by atoms with E-state index >= 15 is 0 Å². The molecule has 0 saturated heterocycles. The molecule has 0 bridgehead atoms. The molecule has 0 radical (unpaired) electrons. The zero-order chi connectivity index (χ0) is 9.84. The Labute approximate surface area is 79.9 Å². The van der Waals surface area contributed by atoms with Crippen molar-refractivity contribution in [1.82, 2.24) is 5.01 Å². The number of aryl methyl sites for hydroxylation is 1. The minimum Gasteiger partial charge on any atom is -0.303 e. The molecule has 0 saturated carbocycles. The molecule has 0 spiro atoms. The summed E-state index contributed by atoms with van der Waals surface area (Å²) in [5, 5.41) is 6.16. The highest BCUT2D eigenvalue weighted by molar-refractivity contribution is 5.98. The number of hydrazone groups is 1. The van der Waals surface area contributed by atoms with Gasteiger partial charge in [0.05, 0.1) is 5.71 Å². The third-order valence-electron chi connectivity index (χ3n) is 1.79. The van der Waals surface area contributed by atoms with Crippen LogP contribution in [-0.4, -0.2) is 24.8 Å². The number of hydrogen-bond acceptors (Lipinski definition) is 2. The summed E-state index contributed by atoms with van der Waals surface area (Å²) in [6, 6.07) is 8.36. The van der Waals surface area contributed by atoms with E-state index in [2.05, 4.69) is 36.3 Å².